The third-order valence-electron chi connectivity index (χ3n) is 6.48. The Hall–Kier alpha value is -3.30. The Balaban J connectivity index is 1.47. The molecule has 4 aromatic rings. The lowest BCUT2D eigenvalue weighted by Gasteiger charge is -2.28. The Bertz CT molecular complexity index is 1380. The molecule has 3 heterocycles. The summed E-state index contributed by atoms with van der Waals surface area (Å²) in [6, 6.07) is 14.0. The highest BCUT2D eigenvalue weighted by Crippen LogP contribution is 2.32. The van der Waals surface area contributed by atoms with Gasteiger partial charge in [0.1, 0.15) is 0 Å². The molecule has 3 aromatic heterocycles. The van der Waals surface area contributed by atoms with Crippen LogP contribution in [0.1, 0.15) is 32.1 Å². The van der Waals surface area contributed by atoms with Crippen molar-refractivity contribution in [1.29, 1.82) is 0 Å². The van der Waals surface area contributed by atoms with E-state index in [4.69, 9.17) is 4.98 Å². The second kappa shape index (κ2) is 9.52. The lowest BCUT2D eigenvalue weighted by Crippen LogP contribution is -2.27. The standard InChI is InChI=1S/C25H27N5O3S/c31-16-13-18-8-10-19(11-9-18)28-25-27-15-12-23(29-25)22-17-30(24-21(22)7-4-14-26-24)34(32,33)20-5-2-1-3-6-20/h1-7,12,14-15,17-19,31H,8-11,13,16H2,(H,27,28,29). The first-order chi connectivity index (χ1) is 16.6. The molecule has 0 unspecified atom stereocenters. The van der Waals surface area contributed by atoms with E-state index in [0.717, 1.165) is 32.1 Å². The molecule has 8 nitrogen and oxygen atoms in total. The van der Waals surface area contributed by atoms with Crippen LogP contribution in [0.5, 0.6) is 0 Å². The minimum atomic E-state index is -3.82. The van der Waals surface area contributed by atoms with Gasteiger partial charge < -0.3 is 10.4 Å². The number of aliphatic hydroxyl groups excluding tert-OH is 1. The zero-order valence-electron chi connectivity index (χ0n) is 18.7. The van der Waals surface area contributed by atoms with E-state index in [9.17, 15) is 13.5 Å². The molecular formula is C25H27N5O3S. The number of aromatic nitrogens is 4. The summed E-state index contributed by atoms with van der Waals surface area (Å²) in [5, 5.41) is 13.3. The topological polar surface area (TPSA) is 110 Å². The molecule has 1 fully saturated rings. The van der Waals surface area contributed by atoms with E-state index >= 15 is 0 Å². The summed E-state index contributed by atoms with van der Waals surface area (Å²) in [6.45, 7) is 0.246. The Morgan fingerprint density at radius 3 is 2.53 bits per heavy atom. The van der Waals surface area contributed by atoms with Crippen molar-refractivity contribution in [2.24, 2.45) is 5.92 Å². The number of fused-ring (bicyclic) bond motifs is 1. The van der Waals surface area contributed by atoms with Gasteiger partial charge in [0.05, 0.1) is 10.6 Å². The van der Waals surface area contributed by atoms with Crippen LogP contribution in [0.25, 0.3) is 22.3 Å². The summed E-state index contributed by atoms with van der Waals surface area (Å²) in [7, 11) is -3.82. The molecule has 0 radical (unpaired) electrons. The van der Waals surface area contributed by atoms with Crippen LogP contribution in [0.15, 0.2) is 72.0 Å². The quantitative estimate of drug-likeness (QED) is 0.413. The van der Waals surface area contributed by atoms with Crippen molar-refractivity contribution in [3.05, 3.63) is 67.1 Å². The fourth-order valence-corrected chi connectivity index (χ4v) is 6.01. The van der Waals surface area contributed by atoms with Gasteiger partial charge in [0.25, 0.3) is 10.0 Å². The first kappa shape index (κ1) is 22.5. The second-order valence-corrected chi connectivity index (χ2v) is 10.5. The zero-order valence-corrected chi connectivity index (χ0v) is 19.5. The Labute approximate surface area is 198 Å². The van der Waals surface area contributed by atoms with Crippen molar-refractivity contribution >= 4 is 27.0 Å². The van der Waals surface area contributed by atoms with Crippen LogP contribution in [0.3, 0.4) is 0 Å². The first-order valence-electron chi connectivity index (χ1n) is 11.5. The third-order valence-corrected chi connectivity index (χ3v) is 8.14. The van der Waals surface area contributed by atoms with Gasteiger partial charge in [0.2, 0.25) is 5.95 Å². The van der Waals surface area contributed by atoms with E-state index in [1.165, 1.54) is 3.97 Å². The van der Waals surface area contributed by atoms with Crippen LogP contribution >= 0.6 is 0 Å². The summed E-state index contributed by atoms with van der Waals surface area (Å²) >= 11 is 0. The Morgan fingerprint density at radius 1 is 0.971 bits per heavy atom. The van der Waals surface area contributed by atoms with Gasteiger partial charge in [-0.05, 0) is 68.4 Å². The fourth-order valence-electron chi connectivity index (χ4n) is 4.66. The highest BCUT2D eigenvalue weighted by Gasteiger charge is 2.24. The number of aliphatic hydroxyl groups is 1. The van der Waals surface area contributed by atoms with Crippen molar-refractivity contribution in [2.45, 2.75) is 43.0 Å². The first-order valence-corrected chi connectivity index (χ1v) is 13.0. The Kier molecular flexibility index (Phi) is 6.30. The summed E-state index contributed by atoms with van der Waals surface area (Å²) in [6.07, 6.45) is 9.90. The van der Waals surface area contributed by atoms with Crippen molar-refractivity contribution in [1.82, 2.24) is 18.9 Å². The van der Waals surface area contributed by atoms with E-state index in [0.29, 0.717) is 34.2 Å². The zero-order chi connectivity index (χ0) is 23.5. The van der Waals surface area contributed by atoms with Gasteiger partial charge in [-0.1, -0.05) is 18.2 Å². The maximum atomic E-state index is 13.4. The monoisotopic (exact) mass is 477 g/mol. The molecule has 1 aliphatic carbocycles. The van der Waals surface area contributed by atoms with Gasteiger partial charge in [-0.25, -0.2) is 27.3 Å². The van der Waals surface area contributed by atoms with E-state index < -0.39 is 10.0 Å². The van der Waals surface area contributed by atoms with E-state index in [-0.39, 0.29) is 17.5 Å². The number of hydrogen-bond acceptors (Lipinski definition) is 7. The van der Waals surface area contributed by atoms with E-state index in [1.807, 2.05) is 6.07 Å². The fraction of sp³-hybridized carbons (Fsp3) is 0.320. The Morgan fingerprint density at radius 2 is 1.76 bits per heavy atom. The summed E-state index contributed by atoms with van der Waals surface area (Å²) < 4.78 is 27.9. The molecule has 0 bridgehead atoms. The average Bonchev–Trinajstić information content (AvgIpc) is 3.27. The maximum absolute atomic E-state index is 13.4. The molecule has 0 aliphatic heterocycles. The number of hydrogen-bond donors (Lipinski definition) is 2. The molecule has 0 amide bonds. The second-order valence-electron chi connectivity index (χ2n) is 8.67. The summed E-state index contributed by atoms with van der Waals surface area (Å²) in [5.74, 6) is 1.11. The SMILES string of the molecule is O=S(=O)(c1ccccc1)n1cc(-c2ccnc(NC3CCC(CCO)CC3)n2)c2cccnc21. The summed E-state index contributed by atoms with van der Waals surface area (Å²) in [5.41, 5.74) is 1.67. The molecule has 176 valence electrons. The van der Waals surface area contributed by atoms with Crippen LogP contribution in [0.4, 0.5) is 5.95 Å². The third kappa shape index (κ3) is 4.41. The molecule has 1 aliphatic rings. The number of rotatable bonds is 7. The van der Waals surface area contributed by atoms with Gasteiger partial charge in [-0.15, -0.1) is 0 Å². The normalized spacial score (nSPS) is 18.7. The molecular weight excluding hydrogens is 450 g/mol. The molecule has 0 atom stereocenters. The number of nitrogens with zero attached hydrogens (tertiary/aromatic N) is 4. The average molecular weight is 478 g/mol. The highest BCUT2D eigenvalue weighted by atomic mass is 32.2. The van der Waals surface area contributed by atoms with Crippen molar-refractivity contribution in [2.75, 3.05) is 11.9 Å². The van der Waals surface area contributed by atoms with Crippen LogP contribution in [0.2, 0.25) is 0 Å². The van der Waals surface area contributed by atoms with E-state index in [1.54, 1.807) is 61.1 Å². The minimum absolute atomic E-state index is 0.200. The molecule has 0 spiro atoms. The van der Waals surface area contributed by atoms with Crippen molar-refractivity contribution in [3.63, 3.8) is 0 Å². The maximum Gasteiger partial charge on any atom is 0.269 e. The largest absolute Gasteiger partial charge is 0.396 e. The lowest BCUT2D eigenvalue weighted by molar-refractivity contribution is 0.225. The van der Waals surface area contributed by atoms with Gasteiger partial charge in [-0.3, -0.25) is 0 Å². The summed E-state index contributed by atoms with van der Waals surface area (Å²) in [4.78, 5) is 13.7. The number of pyridine rings is 1. The number of benzene rings is 1. The predicted molar refractivity (Wildman–Crippen MR) is 131 cm³/mol. The van der Waals surface area contributed by atoms with Gasteiger partial charge in [0, 0.05) is 42.2 Å². The van der Waals surface area contributed by atoms with Crippen LogP contribution in [-0.4, -0.2) is 45.1 Å². The molecule has 5 rings (SSSR count). The molecule has 2 N–H and O–H groups in total. The molecule has 9 heteroatoms. The van der Waals surface area contributed by atoms with Crippen LogP contribution in [-0.2, 0) is 10.0 Å². The smallest absolute Gasteiger partial charge is 0.269 e. The minimum Gasteiger partial charge on any atom is -0.396 e. The van der Waals surface area contributed by atoms with Crippen molar-refractivity contribution in [3.8, 4) is 11.3 Å². The van der Waals surface area contributed by atoms with Gasteiger partial charge in [-0.2, -0.15) is 0 Å². The molecule has 34 heavy (non-hydrogen) atoms. The van der Waals surface area contributed by atoms with Gasteiger partial charge >= 0.3 is 0 Å². The van der Waals surface area contributed by atoms with Gasteiger partial charge in [0.15, 0.2) is 5.65 Å². The number of nitrogens with one attached hydrogen (secondary N) is 1. The van der Waals surface area contributed by atoms with Crippen LogP contribution in [0, 0.1) is 5.92 Å². The predicted octanol–water partition coefficient (Wildman–Crippen LogP) is 4.08. The van der Waals surface area contributed by atoms with Crippen LogP contribution < -0.4 is 5.32 Å². The van der Waals surface area contributed by atoms with E-state index in [2.05, 4.69) is 15.3 Å². The lowest BCUT2D eigenvalue weighted by atomic mass is 9.84. The highest BCUT2D eigenvalue weighted by molar-refractivity contribution is 7.90. The number of anilines is 1. The molecule has 0 saturated heterocycles. The van der Waals surface area contributed by atoms with Crippen molar-refractivity contribution < 1.29 is 13.5 Å². The molecule has 1 saturated carbocycles. The molecule has 1 aromatic carbocycles.